The Morgan fingerprint density at radius 3 is 1.91 bits per heavy atom. The molecule has 0 aliphatic heterocycles. The van der Waals surface area contributed by atoms with Crippen molar-refractivity contribution in [3.8, 4) is 0 Å². The first-order valence-corrected chi connectivity index (χ1v) is 9.37. The lowest BCUT2D eigenvalue weighted by molar-refractivity contribution is -0.137. The number of aliphatic hydroxyl groups is 1. The SMILES string of the molecule is CCCCC(O)CCCCC(CCCCCCC(=O)O)C(C)=O. The number of carbonyl (C=O) groups excluding carboxylic acids is 1. The average Bonchev–Trinajstić information content (AvgIpc) is 2.49. The Morgan fingerprint density at radius 2 is 1.35 bits per heavy atom. The van der Waals surface area contributed by atoms with Crippen molar-refractivity contribution < 1.29 is 19.8 Å². The Morgan fingerprint density at radius 1 is 0.826 bits per heavy atom. The van der Waals surface area contributed by atoms with Crippen LogP contribution < -0.4 is 0 Å². The van der Waals surface area contributed by atoms with E-state index >= 15 is 0 Å². The summed E-state index contributed by atoms with van der Waals surface area (Å²) in [6.45, 7) is 3.80. The highest BCUT2D eigenvalue weighted by Gasteiger charge is 2.14. The predicted octanol–water partition coefficient (Wildman–Crippen LogP) is 4.73. The summed E-state index contributed by atoms with van der Waals surface area (Å²) in [6, 6.07) is 0. The molecule has 23 heavy (non-hydrogen) atoms. The Hall–Kier alpha value is -0.900. The lowest BCUT2D eigenvalue weighted by atomic mass is 9.91. The van der Waals surface area contributed by atoms with Crippen molar-refractivity contribution in [2.45, 2.75) is 103 Å². The third-order valence-electron chi connectivity index (χ3n) is 4.50. The number of aliphatic carboxylic acids is 1. The molecule has 0 radical (unpaired) electrons. The van der Waals surface area contributed by atoms with Crippen molar-refractivity contribution >= 4 is 11.8 Å². The molecule has 0 bridgehead atoms. The van der Waals surface area contributed by atoms with Crippen molar-refractivity contribution in [1.29, 1.82) is 0 Å². The summed E-state index contributed by atoms with van der Waals surface area (Å²) < 4.78 is 0. The molecule has 0 spiro atoms. The van der Waals surface area contributed by atoms with Crippen molar-refractivity contribution in [3.63, 3.8) is 0 Å². The molecule has 4 heteroatoms. The Kier molecular flexibility index (Phi) is 14.1. The van der Waals surface area contributed by atoms with E-state index in [1.807, 2.05) is 0 Å². The van der Waals surface area contributed by atoms with E-state index < -0.39 is 5.97 Å². The number of rotatable bonds is 16. The van der Waals surface area contributed by atoms with Gasteiger partial charge < -0.3 is 10.2 Å². The fraction of sp³-hybridized carbons (Fsp3) is 0.895. The molecular formula is C19H36O4. The van der Waals surface area contributed by atoms with Gasteiger partial charge in [0.1, 0.15) is 5.78 Å². The van der Waals surface area contributed by atoms with Crippen LogP contribution in [0.4, 0.5) is 0 Å². The van der Waals surface area contributed by atoms with E-state index in [-0.39, 0.29) is 24.2 Å². The van der Waals surface area contributed by atoms with Crippen molar-refractivity contribution in [1.82, 2.24) is 0 Å². The Balaban J connectivity index is 3.70. The molecule has 0 fully saturated rings. The van der Waals surface area contributed by atoms with Gasteiger partial charge in [-0.15, -0.1) is 0 Å². The van der Waals surface area contributed by atoms with Crippen LogP contribution in [-0.2, 0) is 9.59 Å². The normalized spacial score (nSPS) is 13.7. The topological polar surface area (TPSA) is 74.6 Å². The second-order valence-electron chi connectivity index (χ2n) is 6.73. The van der Waals surface area contributed by atoms with Gasteiger partial charge in [-0.25, -0.2) is 0 Å². The molecule has 0 aromatic rings. The summed E-state index contributed by atoms with van der Waals surface area (Å²) in [5.41, 5.74) is 0. The Bertz CT molecular complexity index is 314. The second-order valence-corrected chi connectivity index (χ2v) is 6.73. The lowest BCUT2D eigenvalue weighted by Gasteiger charge is -2.14. The summed E-state index contributed by atoms with van der Waals surface area (Å²) in [5, 5.41) is 18.4. The number of carboxylic acid groups (broad SMARTS) is 1. The molecule has 0 saturated heterocycles. The highest BCUT2D eigenvalue weighted by molar-refractivity contribution is 5.78. The zero-order valence-corrected chi connectivity index (χ0v) is 15.1. The van der Waals surface area contributed by atoms with Gasteiger partial charge in [0, 0.05) is 12.3 Å². The first-order valence-electron chi connectivity index (χ1n) is 9.37. The van der Waals surface area contributed by atoms with Crippen molar-refractivity contribution in [2.75, 3.05) is 0 Å². The van der Waals surface area contributed by atoms with Crippen LogP contribution in [0.3, 0.4) is 0 Å². The van der Waals surface area contributed by atoms with Crippen LogP contribution in [0.25, 0.3) is 0 Å². The molecular weight excluding hydrogens is 292 g/mol. The highest BCUT2D eigenvalue weighted by atomic mass is 16.4. The number of carbonyl (C=O) groups is 2. The molecule has 0 heterocycles. The van der Waals surface area contributed by atoms with Crippen LogP contribution in [0.5, 0.6) is 0 Å². The number of hydrogen-bond donors (Lipinski definition) is 2. The second kappa shape index (κ2) is 14.7. The standard InChI is InChI=1S/C19H36O4/c1-3-4-13-18(21)14-10-9-12-17(16(2)20)11-7-5-6-8-15-19(22)23/h17-18,21H,3-15H2,1-2H3,(H,22,23). The average molecular weight is 328 g/mol. The number of ketones is 1. The van der Waals surface area contributed by atoms with Gasteiger partial charge in [0.15, 0.2) is 0 Å². The van der Waals surface area contributed by atoms with Crippen molar-refractivity contribution in [3.05, 3.63) is 0 Å². The number of unbranched alkanes of at least 4 members (excludes halogenated alkanes) is 5. The molecule has 0 aliphatic carbocycles. The number of aliphatic hydroxyl groups excluding tert-OH is 1. The van der Waals surface area contributed by atoms with E-state index in [1.54, 1.807) is 6.92 Å². The maximum absolute atomic E-state index is 11.7. The minimum atomic E-state index is -0.729. The fourth-order valence-electron chi connectivity index (χ4n) is 2.93. The molecule has 0 aromatic carbocycles. The van der Waals surface area contributed by atoms with E-state index in [1.165, 1.54) is 0 Å². The summed E-state index contributed by atoms with van der Waals surface area (Å²) in [7, 11) is 0. The molecule has 0 amide bonds. The van der Waals surface area contributed by atoms with Gasteiger partial charge in [-0.05, 0) is 39.0 Å². The first-order chi connectivity index (χ1) is 11.0. The summed E-state index contributed by atoms with van der Waals surface area (Å²) in [4.78, 5) is 22.1. The van der Waals surface area contributed by atoms with Gasteiger partial charge in [-0.1, -0.05) is 51.9 Å². The summed E-state index contributed by atoms with van der Waals surface area (Å²) in [5.74, 6) is -0.322. The van der Waals surface area contributed by atoms with Gasteiger partial charge in [0.25, 0.3) is 0 Å². The van der Waals surface area contributed by atoms with Crippen LogP contribution in [0.2, 0.25) is 0 Å². The monoisotopic (exact) mass is 328 g/mol. The highest BCUT2D eigenvalue weighted by Crippen LogP contribution is 2.20. The first kappa shape index (κ1) is 22.1. The zero-order chi connectivity index (χ0) is 17.5. The van der Waals surface area contributed by atoms with Gasteiger partial charge in [0.05, 0.1) is 6.10 Å². The Labute approximate surface area is 141 Å². The quantitative estimate of drug-likeness (QED) is 0.402. The molecule has 0 aromatic heterocycles. The van der Waals surface area contributed by atoms with Gasteiger partial charge in [-0.3, -0.25) is 9.59 Å². The third kappa shape index (κ3) is 14.4. The summed E-state index contributed by atoms with van der Waals surface area (Å²) >= 11 is 0. The molecule has 0 saturated carbocycles. The van der Waals surface area contributed by atoms with Crippen LogP contribution >= 0.6 is 0 Å². The maximum atomic E-state index is 11.7. The molecule has 136 valence electrons. The van der Waals surface area contributed by atoms with Gasteiger partial charge >= 0.3 is 5.97 Å². The zero-order valence-electron chi connectivity index (χ0n) is 15.1. The van der Waals surface area contributed by atoms with E-state index in [4.69, 9.17) is 5.11 Å². The van der Waals surface area contributed by atoms with Crippen LogP contribution in [-0.4, -0.2) is 28.1 Å². The molecule has 2 unspecified atom stereocenters. The summed E-state index contributed by atoms with van der Waals surface area (Å²) in [6.07, 6.45) is 11.5. The molecule has 2 atom stereocenters. The minimum absolute atomic E-state index is 0.141. The predicted molar refractivity (Wildman–Crippen MR) is 93.5 cm³/mol. The van der Waals surface area contributed by atoms with Crippen LogP contribution in [0, 0.1) is 5.92 Å². The van der Waals surface area contributed by atoms with E-state index in [0.717, 1.165) is 77.0 Å². The van der Waals surface area contributed by atoms with Gasteiger partial charge in [-0.2, -0.15) is 0 Å². The number of hydrogen-bond acceptors (Lipinski definition) is 3. The third-order valence-corrected chi connectivity index (χ3v) is 4.50. The van der Waals surface area contributed by atoms with E-state index in [9.17, 15) is 14.7 Å². The molecule has 0 rings (SSSR count). The van der Waals surface area contributed by atoms with E-state index in [0.29, 0.717) is 0 Å². The number of Topliss-reactive ketones (excluding diaryl/α,β-unsaturated/α-hetero) is 1. The molecule has 2 N–H and O–H groups in total. The minimum Gasteiger partial charge on any atom is -0.481 e. The van der Waals surface area contributed by atoms with Crippen LogP contribution in [0.15, 0.2) is 0 Å². The van der Waals surface area contributed by atoms with Crippen molar-refractivity contribution in [2.24, 2.45) is 5.92 Å². The largest absolute Gasteiger partial charge is 0.481 e. The fourth-order valence-corrected chi connectivity index (χ4v) is 2.93. The molecule has 4 nitrogen and oxygen atoms in total. The molecule has 0 aliphatic rings. The maximum Gasteiger partial charge on any atom is 0.303 e. The van der Waals surface area contributed by atoms with Crippen LogP contribution in [0.1, 0.15) is 97.3 Å². The van der Waals surface area contributed by atoms with Gasteiger partial charge in [0.2, 0.25) is 0 Å². The number of carboxylic acids is 1. The van der Waals surface area contributed by atoms with E-state index in [2.05, 4.69) is 6.92 Å². The lowest BCUT2D eigenvalue weighted by Crippen LogP contribution is -2.12. The smallest absolute Gasteiger partial charge is 0.303 e.